The molecule has 2 N–H and O–H groups in total. The molecule has 0 bridgehead atoms. The van der Waals surface area contributed by atoms with Crippen LogP contribution in [0.3, 0.4) is 0 Å². The van der Waals surface area contributed by atoms with E-state index in [9.17, 15) is 18.3 Å². The number of benzene rings is 3. The van der Waals surface area contributed by atoms with Crippen molar-refractivity contribution in [3.8, 4) is 0 Å². The third-order valence-corrected chi connectivity index (χ3v) is 6.81. The molecule has 0 saturated carbocycles. The molecule has 0 saturated heterocycles. The minimum atomic E-state index is -1.86. The van der Waals surface area contributed by atoms with Crippen LogP contribution < -0.4 is 5.32 Å². The van der Waals surface area contributed by atoms with Gasteiger partial charge in [0, 0.05) is 39.8 Å². The number of hydrogen-bond acceptors (Lipinski definition) is 5. The lowest BCUT2D eigenvalue weighted by molar-refractivity contribution is -0.0354. The van der Waals surface area contributed by atoms with Gasteiger partial charge in [0.2, 0.25) is 0 Å². The standard InChI is InChI=1S/C26H22ClF3N6O/c1-16(26(37,13-35-15-31-14-34-35)21-7-5-18(28)10-24(21)30)36-25-8-6-19(9-17(25)11-33-36)32-12-20-22(27)3-2-4-23(20)29/h2-11,14-16,32,37H,12-13H2,1H3/t16-,26-/m1/s1. The van der Waals surface area contributed by atoms with E-state index in [0.29, 0.717) is 21.8 Å². The second-order valence-electron chi connectivity index (χ2n) is 8.73. The third-order valence-electron chi connectivity index (χ3n) is 6.45. The Morgan fingerprint density at radius 3 is 2.62 bits per heavy atom. The van der Waals surface area contributed by atoms with Crippen molar-refractivity contribution in [1.29, 1.82) is 0 Å². The van der Waals surface area contributed by atoms with Gasteiger partial charge in [0.05, 0.1) is 24.3 Å². The molecule has 0 fully saturated rings. The predicted molar refractivity (Wildman–Crippen MR) is 133 cm³/mol. The van der Waals surface area contributed by atoms with Crippen molar-refractivity contribution in [3.63, 3.8) is 0 Å². The molecule has 0 aliphatic carbocycles. The molecule has 11 heteroatoms. The average molecular weight is 527 g/mol. The zero-order chi connectivity index (χ0) is 26.2. The van der Waals surface area contributed by atoms with E-state index in [-0.39, 0.29) is 18.7 Å². The van der Waals surface area contributed by atoms with Gasteiger partial charge in [0.1, 0.15) is 35.7 Å². The highest BCUT2D eigenvalue weighted by atomic mass is 35.5. The summed E-state index contributed by atoms with van der Waals surface area (Å²) in [5.41, 5.74) is -0.222. The number of halogens is 4. The monoisotopic (exact) mass is 526 g/mol. The molecule has 2 atom stereocenters. The molecule has 0 radical (unpaired) electrons. The molecule has 0 unspecified atom stereocenters. The number of hydrogen-bond donors (Lipinski definition) is 2. The summed E-state index contributed by atoms with van der Waals surface area (Å²) >= 11 is 6.12. The second kappa shape index (κ2) is 9.87. The summed E-state index contributed by atoms with van der Waals surface area (Å²) in [5.74, 6) is -2.04. The molecule has 190 valence electrons. The van der Waals surface area contributed by atoms with Gasteiger partial charge in [0.15, 0.2) is 0 Å². The SMILES string of the molecule is C[C@@H](n1ncc2cc(NCc3c(F)cccc3Cl)ccc21)[C@](O)(Cn1cncn1)c1ccc(F)cc1F. The zero-order valence-electron chi connectivity index (χ0n) is 19.6. The van der Waals surface area contributed by atoms with Gasteiger partial charge in [-0.1, -0.05) is 23.7 Å². The maximum absolute atomic E-state index is 14.9. The van der Waals surface area contributed by atoms with Crippen molar-refractivity contribution in [1.82, 2.24) is 24.5 Å². The van der Waals surface area contributed by atoms with E-state index < -0.39 is 29.1 Å². The number of nitrogens with one attached hydrogen (secondary N) is 1. The van der Waals surface area contributed by atoms with E-state index in [0.717, 1.165) is 17.5 Å². The summed E-state index contributed by atoms with van der Waals surface area (Å²) in [5, 5.41) is 24.6. The maximum Gasteiger partial charge on any atom is 0.137 e. The van der Waals surface area contributed by atoms with Crippen LogP contribution in [0, 0.1) is 17.5 Å². The topological polar surface area (TPSA) is 80.8 Å². The first kappa shape index (κ1) is 24.8. The van der Waals surface area contributed by atoms with E-state index in [1.165, 1.54) is 29.5 Å². The van der Waals surface area contributed by atoms with Crippen LogP contribution in [-0.4, -0.2) is 29.7 Å². The summed E-state index contributed by atoms with van der Waals surface area (Å²) in [6.45, 7) is 1.72. The number of aliphatic hydroxyl groups is 1. The van der Waals surface area contributed by atoms with Crippen molar-refractivity contribution < 1.29 is 18.3 Å². The Bertz CT molecular complexity index is 1540. The second-order valence-corrected chi connectivity index (χ2v) is 9.14. The summed E-state index contributed by atoms with van der Waals surface area (Å²) in [4.78, 5) is 3.89. The normalized spacial score (nSPS) is 14.0. The van der Waals surface area contributed by atoms with Gasteiger partial charge >= 0.3 is 0 Å². The van der Waals surface area contributed by atoms with Crippen molar-refractivity contribution in [2.45, 2.75) is 31.7 Å². The van der Waals surface area contributed by atoms with Gasteiger partial charge in [-0.15, -0.1) is 0 Å². The first-order chi connectivity index (χ1) is 17.8. The molecule has 0 amide bonds. The Labute approximate surface area is 215 Å². The van der Waals surface area contributed by atoms with Crippen molar-refractivity contribution >= 4 is 28.2 Å². The molecule has 0 aliphatic rings. The van der Waals surface area contributed by atoms with Crippen LogP contribution in [-0.2, 0) is 18.7 Å². The summed E-state index contributed by atoms with van der Waals surface area (Å²) < 4.78 is 45.6. The highest BCUT2D eigenvalue weighted by Crippen LogP contribution is 2.38. The third kappa shape index (κ3) is 4.77. The van der Waals surface area contributed by atoms with Gasteiger partial charge in [-0.25, -0.2) is 22.8 Å². The first-order valence-corrected chi connectivity index (χ1v) is 11.8. The zero-order valence-corrected chi connectivity index (χ0v) is 20.4. The van der Waals surface area contributed by atoms with Crippen LogP contribution in [0.2, 0.25) is 5.02 Å². The average Bonchev–Trinajstić information content (AvgIpc) is 3.52. The van der Waals surface area contributed by atoms with Gasteiger partial charge in [-0.3, -0.25) is 4.68 Å². The molecule has 37 heavy (non-hydrogen) atoms. The van der Waals surface area contributed by atoms with Gasteiger partial charge in [-0.05, 0) is 43.3 Å². The number of fused-ring (bicyclic) bond motifs is 1. The van der Waals surface area contributed by atoms with E-state index in [1.54, 1.807) is 42.1 Å². The lowest BCUT2D eigenvalue weighted by atomic mass is 9.86. The van der Waals surface area contributed by atoms with Gasteiger partial charge in [0.25, 0.3) is 0 Å². The highest BCUT2D eigenvalue weighted by molar-refractivity contribution is 6.31. The maximum atomic E-state index is 14.9. The largest absolute Gasteiger partial charge is 0.381 e. The fourth-order valence-corrected chi connectivity index (χ4v) is 4.64. The van der Waals surface area contributed by atoms with Crippen LogP contribution in [0.1, 0.15) is 24.1 Å². The van der Waals surface area contributed by atoms with Crippen molar-refractivity contribution in [2.24, 2.45) is 0 Å². The van der Waals surface area contributed by atoms with E-state index >= 15 is 0 Å². The Morgan fingerprint density at radius 1 is 1.05 bits per heavy atom. The van der Waals surface area contributed by atoms with Gasteiger partial charge < -0.3 is 10.4 Å². The van der Waals surface area contributed by atoms with E-state index in [1.807, 2.05) is 6.07 Å². The van der Waals surface area contributed by atoms with Crippen LogP contribution in [0.15, 0.2) is 73.4 Å². The number of anilines is 1. The Kier molecular flexibility index (Phi) is 6.61. The Balaban J connectivity index is 1.47. The van der Waals surface area contributed by atoms with Crippen molar-refractivity contribution in [2.75, 3.05) is 5.32 Å². The van der Waals surface area contributed by atoms with E-state index in [2.05, 4.69) is 20.5 Å². The smallest absolute Gasteiger partial charge is 0.137 e. The van der Waals surface area contributed by atoms with Crippen LogP contribution in [0.25, 0.3) is 10.9 Å². The Morgan fingerprint density at radius 2 is 1.89 bits per heavy atom. The first-order valence-electron chi connectivity index (χ1n) is 11.4. The molecule has 5 aromatic rings. The summed E-state index contributed by atoms with van der Waals surface area (Å²) in [6, 6.07) is 12.2. The number of nitrogens with zero attached hydrogens (tertiary/aromatic N) is 5. The molecular formula is C26H22ClF3N6O. The molecule has 7 nitrogen and oxygen atoms in total. The predicted octanol–water partition coefficient (Wildman–Crippen LogP) is 5.46. The lowest BCUT2D eigenvalue weighted by Gasteiger charge is -2.35. The fourth-order valence-electron chi connectivity index (χ4n) is 4.41. The summed E-state index contributed by atoms with van der Waals surface area (Å²) in [6.07, 6.45) is 4.32. The van der Waals surface area contributed by atoms with Gasteiger partial charge in [-0.2, -0.15) is 10.2 Å². The minimum absolute atomic E-state index is 0.0967. The van der Waals surface area contributed by atoms with Crippen molar-refractivity contribution in [3.05, 3.63) is 107 Å². The molecule has 2 heterocycles. The van der Waals surface area contributed by atoms with Crippen LogP contribution >= 0.6 is 11.6 Å². The molecule has 0 spiro atoms. The molecule has 3 aromatic carbocycles. The molecular weight excluding hydrogens is 505 g/mol. The van der Waals surface area contributed by atoms with E-state index in [4.69, 9.17) is 11.6 Å². The fraction of sp³-hybridized carbons (Fsp3) is 0.192. The molecule has 0 aliphatic heterocycles. The van der Waals surface area contributed by atoms with Crippen LogP contribution in [0.4, 0.5) is 18.9 Å². The molecule has 2 aromatic heterocycles. The lowest BCUT2D eigenvalue weighted by Crippen LogP contribution is -2.41. The highest BCUT2D eigenvalue weighted by Gasteiger charge is 2.41. The number of rotatable bonds is 8. The minimum Gasteiger partial charge on any atom is -0.381 e. The van der Waals surface area contributed by atoms with Crippen LogP contribution in [0.5, 0.6) is 0 Å². The summed E-state index contributed by atoms with van der Waals surface area (Å²) in [7, 11) is 0. The molecule has 5 rings (SSSR count). The quantitative estimate of drug-likeness (QED) is 0.281. The Hall–Kier alpha value is -3.89. The number of aromatic nitrogens is 5.